The highest BCUT2D eigenvalue weighted by Gasteiger charge is 2.51. The van der Waals surface area contributed by atoms with E-state index in [9.17, 15) is 4.79 Å². The molecule has 0 aromatic rings. The Morgan fingerprint density at radius 3 is 2.53 bits per heavy atom. The number of nitrogens with zero attached hydrogens (tertiary/aromatic N) is 2. The predicted molar refractivity (Wildman–Crippen MR) is 64.2 cm³/mol. The van der Waals surface area contributed by atoms with Crippen LogP contribution >= 0.6 is 0 Å². The molecule has 0 bridgehead atoms. The van der Waals surface area contributed by atoms with Crippen LogP contribution in [0.2, 0.25) is 0 Å². The van der Waals surface area contributed by atoms with Crippen molar-refractivity contribution in [3.05, 3.63) is 23.2 Å². The Balaban J connectivity index is 1.79. The van der Waals surface area contributed by atoms with Crippen LogP contribution in [0.4, 0.5) is 4.79 Å². The molecule has 0 aromatic carbocycles. The van der Waals surface area contributed by atoms with Crippen LogP contribution in [-0.2, 0) is 4.74 Å². The van der Waals surface area contributed by atoms with Crippen molar-refractivity contribution in [2.24, 2.45) is 5.41 Å². The van der Waals surface area contributed by atoms with E-state index in [4.69, 9.17) is 11.3 Å². The van der Waals surface area contributed by atoms with E-state index in [2.05, 4.69) is 4.85 Å². The van der Waals surface area contributed by atoms with Gasteiger partial charge in [-0.3, -0.25) is 0 Å². The van der Waals surface area contributed by atoms with Crippen LogP contribution in [0.5, 0.6) is 0 Å². The first-order valence-corrected chi connectivity index (χ1v) is 5.86. The predicted octanol–water partition coefficient (Wildman–Crippen LogP) is 2.82. The first-order valence-electron chi connectivity index (χ1n) is 5.86. The number of hydrogen-bond acceptors (Lipinski definition) is 2. The van der Waals surface area contributed by atoms with E-state index in [1.807, 2.05) is 20.8 Å². The lowest BCUT2D eigenvalue weighted by Crippen LogP contribution is -2.62. The van der Waals surface area contributed by atoms with Crippen molar-refractivity contribution in [3.63, 3.8) is 0 Å². The van der Waals surface area contributed by atoms with E-state index in [-0.39, 0.29) is 11.5 Å². The van der Waals surface area contributed by atoms with Gasteiger partial charge in [0.05, 0.1) is 6.57 Å². The minimum Gasteiger partial charge on any atom is -0.444 e. The number of amides is 1. The summed E-state index contributed by atoms with van der Waals surface area (Å²) in [4.78, 5) is 16.7. The molecule has 1 saturated carbocycles. The van der Waals surface area contributed by atoms with Gasteiger partial charge in [-0.15, -0.1) is 0 Å². The average Bonchev–Trinajstić information content (AvgIpc) is 2.03. The van der Waals surface area contributed by atoms with E-state index in [1.54, 1.807) is 11.1 Å². The Morgan fingerprint density at radius 2 is 2.06 bits per heavy atom. The summed E-state index contributed by atoms with van der Waals surface area (Å²) < 4.78 is 5.30. The van der Waals surface area contributed by atoms with Gasteiger partial charge in [-0.1, -0.05) is 5.57 Å². The molecule has 2 aliphatic rings. The summed E-state index contributed by atoms with van der Waals surface area (Å²) in [6.07, 6.45) is 3.33. The van der Waals surface area contributed by atoms with Crippen LogP contribution in [0.25, 0.3) is 4.85 Å². The lowest BCUT2D eigenvalue weighted by atomic mass is 9.61. The molecule has 0 N–H and O–H groups in total. The number of likely N-dealkylation sites (tertiary alicyclic amines) is 1. The van der Waals surface area contributed by atoms with E-state index >= 15 is 0 Å². The topological polar surface area (TPSA) is 33.9 Å². The van der Waals surface area contributed by atoms with Gasteiger partial charge in [-0.05, 0) is 33.6 Å². The Kier molecular flexibility index (Phi) is 2.65. The van der Waals surface area contributed by atoms with Crippen LogP contribution in [-0.4, -0.2) is 29.7 Å². The van der Waals surface area contributed by atoms with Gasteiger partial charge in [0.15, 0.2) is 6.20 Å². The second kappa shape index (κ2) is 3.76. The first kappa shape index (κ1) is 12.0. The summed E-state index contributed by atoms with van der Waals surface area (Å²) in [7, 11) is 0. The van der Waals surface area contributed by atoms with E-state index in [0.717, 1.165) is 25.9 Å². The maximum absolute atomic E-state index is 11.7. The molecule has 1 heterocycles. The largest absolute Gasteiger partial charge is 0.444 e. The smallest absolute Gasteiger partial charge is 0.410 e. The van der Waals surface area contributed by atoms with Crippen molar-refractivity contribution >= 4 is 6.09 Å². The third kappa shape index (κ3) is 2.44. The highest BCUT2D eigenvalue weighted by atomic mass is 16.6. The highest BCUT2D eigenvalue weighted by molar-refractivity contribution is 5.69. The fourth-order valence-electron chi connectivity index (χ4n) is 2.54. The number of hydrogen-bond donors (Lipinski definition) is 0. The molecule has 4 heteroatoms. The minimum absolute atomic E-state index is 0.217. The molecular formula is C13H18N2O2. The molecule has 1 saturated heterocycles. The Morgan fingerprint density at radius 1 is 1.47 bits per heavy atom. The molecule has 1 aliphatic carbocycles. The number of allylic oxidation sites excluding steroid dienone is 1. The van der Waals surface area contributed by atoms with Crippen LogP contribution in [0.3, 0.4) is 0 Å². The molecule has 0 radical (unpaired) electrons. The van der Waals surface area contributed by atoms with Crippen LogP contribution < -0.4 is 0 Å². The lowest BCUT2D eigenvalue weighted by molar-refractivity contribution is -0.0502. The van der Waals surface area contributed by atoms with Crippen molar-refractivity contribution in [2.75, 3.05) is 13.1 Å². The SMILES string of the molecule is [C-]#[N+]C=C1CC2(C1)CN(C(=O)OC(C)(C)C)C2. The number of carbonyl (C=O) groups is 1. The summed E-state index contributed by atoms with van der Waals surface area (Å²) in [5, 5.41) is 0. The van der Waals surface area contributed by atoms with Gasteiger partial charge in [0.25, 0.3) is 0 Å². The molecule has 0 aromatic heterocycles. The maximum atomic E-state index is 11.7. The minimum atomic E-state index is -0.422. The molecular weight excluding hydrogens is 216 g/mol. The molecule has 1 amide bonds. The maximum Gasteiger partial charge on any atom is 0.410 e. The van der Waals surface area contributed by atoms with Crippen molar-refractivity contribution in [1.29, 1.82) is 0 Å². The van der Waals surface area contributed by atoms with Gasteiger partial charge in [-0.2, -0.15) is 0 Å². The summed E-state index contributed by atoms with van der Waals surface area (Å²) in [5.41, 5.74) is 1.05. The second-order valence-electron chi connectivity index (χ2n) is 6.11. The molecule has 1 aliphatic heterocycles. The molecule has 17 heavy (non-hydrogen) atoms. The molecule has 0 unspecified atom stereocenters. The van der Waals surface area contributed by atoms with Crippen molar-refractivity contribution < 1.29 is 9.53 Å². The Hall–Kier alpha value is -1.50. The third-order valence-electron chi connectivity index (χ3n) is 3.16. The van der Waals surface area contributed by atoms with Gasteiger partial charge < -0.3 is 9.64 Å². The number of carbonyl (C=O) groups excluding carboxylic acids is 1. The van der Waals surface area contributed by atoms with Gasteiger partial charge in [0, 0.05) is 18.5 Å². The zero-order valence-electron chi connectivity index (χ0n) is 10.6. The van der Waals surface area contributed by atoms with Crippen molar-refractivity contribution in [2.45, 2.75) is 39.2 Å². The summed E-state index contributed by atoms with van der Waals surface area (Å²) in [6.45, 7) is 13.9. The van der Waals surface area contributed by atoms with Crippen molar-refractivity contribution in [3.8, 4) is 0 Å². The standard InChI is InChI=1S/C13H18N2O2/c1-12(2,3)17-11(16)15-8-13(9-15)5-10(6-13)7-14-4/h7H,5-6,8-9H2,1-3H3. The van der Waals surface area contributed by atoms with Crippen molar-refractivity contribution in [1.82, 2.24) is 4.90 Å². The molecule has 92 valence electrons. The van der Waals surface area contributed by atoms with Crippen LogP contribution in [0.15, 0.2) is 11.8 Å². The number of ether oxygens (including phenoxy) is 1. The zero-order chi connectivity index (χ0) is 12.7. The fraction of sp³-hybridized carbons (Fsp3) is 0.692. The van der Waals surface area contributed by atoms with E-state index < -0.39 is 5.60 Å². The quantitative estimate of drug-likeness (QED) is 0.604. The van der Waals surface area contributed by atoms with Gasteiger partial charge in [0.1, 0.15) is 5.60 Å². The molecule has 2 fully saturated rings. The van der Waals surface area contributed by atoms with Crippen LogP contribution in [0.1, 0.15) is 33.6 Å². The Labute approximate surface area is 102 Å². The fourth-order valence-corrected chi connectivity index (χ4v) is 2.54. The molecule has 4 nitrogen and oxygen atoms in total. The van der Waals surface area contributed by atoms with Gasteiger partial charge >= 0.3 is 6.09 Å². The summed E-state index contributed by atoms with van der Waals surface area (Å²) in [6, 6.07) is 0. The van der Waals surface area contributed by atoms with E-state index in [0.29, 0.717) is 0 Å². The average molecular weight is 234 g/mol. The second-order valence-corrected chi connectivity index (χ2v) is 6.11. The third-order valence-corrected chi connectivity index (χ3v) is 3.16. The number of rotatable bonds is 0. The molecule has 0 atom stereocenters. The highest BCUT2D eigenvalue weighted by Crippen LogP contribution is 2.51. The summed E-state index contributed by atoms with van der Waals surface area (Å²) >= 11 is 0. The monoisotopic (exact) mass is 234 g/mol. The van der Waals surface area contributed by atoms with Crippen LogP contribution in [0, 0.1) is 12.0 Å². The normalized spacial score (nSPS) is 21.3. The lowest BCUT2D eigenvalue weighted by Gasteiger charge is -2.56. The van der Waals surface area contributed by atoms with Gasteiger partial charge in [-0.25, -0.2) is 9.64 Å². The Bertz CT molecular complexity index is 396. The molecule has 1 spiro atoms. The molecule has 2 rings (SSSR count). The van der Waals surface area contributed by atoms with E-state index in [1.165, 1.54) is 5.57 Å². The summed E-state index contributed by atoms with van der Waals surface area (Å²) in [5.74, 6) is 0. The first-order chi connectivity index (χ1) is 7.84. The van der Waals surface area contributed by atoms with Gasteiger partial charge in [0.2, 0.25) is 0 Å². The zero-order valence-corrected chi connectivity index (χ0v) is 10.6.